The summed E-state index contributed by atoms with van der Waals surface area (Å²) in [6, 6.07) is 11.0. The fraction of sp³-hybridized carbons (Fsp3) is 0.111. The number of amides is 1. The third-order valence-corrected chi connectivity index (χ3v) is 5.36. The van der Waals surface area contributed by atoms with Gasteiger partial charge in [0.05, 0.1) is 22.3 Å². The molecule has 1 amide bonds. The van der Waals surface area contributed by atoms with Crippen LogP contribution in [0.4, 0.5) is 27.6 Å². The molecule has 0 fully saturated rings. The highest BCUT2D eigenvalue weighted by Crippen LogP contribution is 2.34. The summed E-state index contributed by atoms with van der Waals surface area (Å²) in [6.45, 7) is 0. The second kappa shape index (κ2) is 7.86. The van der Waals surface area contributed by atoms with Crippen LogP contribution >= 0.6 is 0 Å². The summed E-state index contributed by atoms with van der Waals surface area (Å²) in [5, 5.41) is 5.82. The topological polar surface area (TPSA) is 81.1 Å². The van der Waals surface area contributed by atoms with Gasteiger partial charge in [-0.15, -0.1) is 0 Å². The number of nitrogens with one attached hydrogen (secondary N) is 1. The first-order valence-corrected chi connectivity index (χ1v) is 9.70. The molecule has 1 aromatic heterocycles. The normalized spacial score (nSPS) is 12.2. The van der Waals surface area contributed by atoms with E-state index in [4.69, 9.17) is 0 Å². The number of alkyl halides is 5. The number of nitrogens with zero attached hydrogens (tertiary/aromatic N) is 2. The Morgan fingerprint density at radius 2 is 1.60 bits per heavy atom. The second-order valence-electron chi connectivity index (χ2n) is 5.94. The van der Waals surface area contributed by atoms with Crippen LogP contribution in [0.3, 0.4) is 0 Å². The number of aromatic nitrogens is 2. The SMILES string of the molecule is O=C(Nc1ccc(S(=O)(=O)C(F)F)cc1)c1cnn(-c2ccccc2)c1C(F)(F)F. The minimum Gasteiger partial charge on any atom is -0.322 e. The fourth-order valence-corrected chi connectivity index (χ4v) is 3.30. The lowest BCUT2D eigenvalue weighted by Gasteiger charge is -2.13. The van der Waals surface area contributed by atoms with Gasteiger partial charge in [0.15, 0.2) is 5.69 Å². The van der Waals surface area contributed by atoms with Gasteiger partial charge >= 0.3 is 11.9 Å². The minimum absolute atomic E-state index is 0.0884. The smallest absolute Gasteiger partial charge is 0.322 e. The van der Waals surface area contributed by atoms with Gasteiger partial charge < -0.3 is 5.32 Å². The first kappa shape index (κ1) is 21.4. The monoisotopic (exact) mass is 445 g/mol. The molecule has 2 aromatic carbocycles. The Morgan fingerprint density at radius 3 is 2.13 bits per heavy atom. The van der Waals surface area contributed by atoms with Gasteiger partial charge in [-0.3, -0.25) is 4.79 Å². The molecule has 0 radical (unpaired) electrons. The number of hydrogen-bond acceptors (Lipinski definition) is 4. The van der Waals surface area contributed by atoms with Crippen molar-refractivity contribution < 1.29 is 35.2 Å². The van der Waals surface area contributed by atoms with Crippen LogP contribution in [-0.4, -0.2) is 29.9 Å². The molecule has 12 heteroatoms. The van der Waals surface area contributed by atoms with E-state index in [-0.39, 0.29) is 11.4 Å². The molecule has 0 saturated heterocycles. The first-order valence-electron chi connectivity index (χ1n) is 8.16. The largest absolute Gasteiger partial charge is 0.434 e. The maximum Gasteiger partial charge on any atom is 0.434 e. The van der Waals surface area contributed by atoms with Crippen molar-refractivity contribution in [3.63, 3.8) is 0 Å². The Morgan fingerprint density at radius 1 is 1.00 bits per heavy atom. The van der Waals surface area contributed by atoms with Crippen LogP contribution in [0.1, 0.15) is 16.1 Å². The molecule has 0 aliphatic heterocycles. The van der Waals surface area contributed by atoms with Crippen molar-refractivity contribution >= 4 is 21.4 Å². The number of hydrogen-bond donors (Lipinski definition) is 1. The summed E-state index contributed by atoms with van der Waals surface area (Å²) in [5.41, 5.74) is -2.07. The summed E-state index contributed by atoms with van der Waals surface area (Å²) in [7, 11) is -4.84. The average Bonchev–Trinajstić information content (AvgIpc) is 3.15. The van der Waals surface area contributed by atoms with Gasteiger partial charge in [0.1, 0.15) is 0 Å². The third-order valence-electron chi connectivity index (χ3n) is 3.96. The number of halogens is 5. The van der Waals surface area contributed by atoms with Gasteiger partial charge in [-0.2, -0.15) is 27.1 Å². The second-order valence-corrected chi connectivity index (χ2v) is 7.85. The number of benzene rings is 2. The Hall–Kier alpha value is -3.28. The van der Waals surface area contributed by atoms with Crippen molar-refractivity contribution in [2.24, 2.45) is 0 Å². The molecular weight excluding hydrogens is 433 g/mol. The Labute approximate surface area is 166 Å². The highest BCUT2D eigenvalue weighted by Gasteiger charge is 2.40. The lowest BCUT2D eigenvalue weighted by Crippen LogP contribution is -2.20. The van der Waals surface area contributed by atoms with E-state index in [1.54, 1.807) is 6.07 Å². The van der Waals surface area contributed by atoms with Gasteiger partial charge in [0, 0.05) is 5.69 Å². The highest BCUT2D eigenvalue weighted by molar-refractivity contribution is 7.91. The summed E-state index contributed by atoms with van der Waals surface area (Å²) in [6.07, 6.45) is -4.16. The zero-order valence-corrected chi connectivity index (χ0v) is 15.6. The van der Waals surface area contributed by atoms with Gasteiger partial charge in [0.25, 0.3) is 5.91 Å². The molecule has 0 aliphatic rings. The number of rotatable bonds is 5. The zero-order valence-electron chi connectivity index (χ0n) is 14.8. The fourth-order valence-electron chi connectivity index (χ4n) is 2.58. The van der Waals surface area contributed by atoms with Crippen molar-refractivity contribution in [3.8, 4) is 5.69 Å². The maximum atomic E-state index is 13.6. The number of para-hydroxylation sites is 1. The van der Waals surface area contributed by atoms with Crippen molar-refractivity contribution in [3.05, 3.63) is 72.1 Å². The highest BCUT2D eigenvalue weighted by atomic mass is 32.2. The third kappa shape index (κ3) is 4.17. The first-order chi connectivity index (χ1) is 14.0. The maximum absolute atomic E-state index is 13.6. The number of sulfone groups is 1. The van der Waals surface area contributed by atoms with Crippen LogP contribution in [0.5, 0.6) is 0 Å². The van der Waals surface area contributed by atoms with Crippen molar-refractivity contribution in [1.82, 2.24) is 9.78 Å². The summed E-state index contributed by atoms with van der Waals surface area (Å²) >= 11 is 0. The Balaban J connectivity index is 1.92. The van der Waals surface area contributed by atoms with Gasteiger partial charge in [-0.25, -0.2) is 13.1 Å². The zero-order chi connectivity index (χ0) is 22.1. The predicted molar refractivity (Wildman–Crippen MR) is 96.2 cm³/mol. The molecular formula is C18H12F5N3O3S. The van der Waals surface area contributed by atoms with E-state index in [0.29, 0.717) is 4.68 Å². The number of carbonyl (C=O) groups excluding carboxylic acids is 1. The molecule has 6 nitrogen and oxygen atoms in total. The van der Waals surface area contributed by atoms with E-state index in [0.717, 1.165) is 30.5 Å². The summed E-state index contributed by atoms with van der Waals surface area (Å²) in [4.78, 5) is 11.7. The lowest BCUT2D eigenvalue weighted by atomic mass is 10.2. The van der Waals surface area contributed by atoms with Crippen LogP contribution in [0.25, 0.3) is 5.69 Å². The summed E-state index contributed by atoms with van der Waals surface area (Å²) in [5.74, 6) is -4.79. The molecule has 3 rings (SSSR count). The van der Waals surface area contributed by atoms with Crippen molar-refractivity contribution in [1.29, 1.82) is 0 Å². The van der Waals surface area contributed by atoms with E-state index in [1.165, 1.54) is 24.3 Å². The number of anilines is 1. The van der Waals surface area contributed by atoms with Crippen LogP contribution in [0, 0.1) is 0 Å². The van der Waals surface area contributed by atoms with Gasteiger partial charge in [-0.05, 0) is 36.4 Å². The number of carbonyl (C=O) groups is 1. The lowest BCUT2D eigenvalue weighted by molar-refractivity contribution is -0.143. The summed E-state index contributed by atoms with van der Waals surface area (Å²) < 4.78 is 89.3. The van der Waals surface area contributed by atoms with E-state index in [2.05, 4.69) is 10.4 Å². The van der Waals surface area contributed by atoms with E-state index >= 15 is 0 Å². The standard InChI is InChI=1S/C18H12F5N3O3S/c19-17(20)30(28,29)13-8-6-11(7-9-13)25-16(27)14-10-24-26(15(14)18(21,22)23)12-4-2-1-3-5-12/h1-10,17H,(H,25,27). The van der Waals surface area contributed by atoms with Gasteiger partial charge in [-0.1, -0.05) is 18.2 Å². The molecule has 0 aliphatic carbocycles. The van der Waals surface area contributed by atoms with Crippen molar-refractivity contribution in [2.75, 3.05) is 5.32 Å². The van der Waals surface area contributed by atoms with Crippen LogP contribution in [0.15, 0.2) is 65.7 Å². The van der Waals surface area contributed by atoms with E-state index < -0.39 is 43.8 Å². The van der Waals surface area contributed by atoms with Crippen LogP contribution < -0.4 is 5.32 Å². The molecule has 0 atom stereocenters. The molecule has 0 unspecified atom stereocenters. The molecule has 158 valence electrons. The molecule has 0 bridgehead atoms. The Kier molecular flexibility index (Phi) is 5.61. The quantitative estimate of drug-likeness (QED) is 0.599. The van der Waals surface area contributed by atoms with Crippen molar-refractivity contribution in [2.45, 2.75) is 16.8 Å². The molecule has 3 aromatic rings. The molecule has 1 N–H and O–H groups in total. The van der Waals surface area contributed by atoms with Crippen LogP contribution in [-0.2, 0) is 16.0 Å². The van der Waals surface area contributed by atoms with Crippen LogP contribution in [0.2, 0.25) is 0 Å². The molecule has 1 heterocycles. The minimum atomic E-state index is -4.91. The average molecular weight is 445 g/mol. The molecule has 0 spiro atoms. The van der Waals surface area contributed by atoms with E-state index in [9.17, 15) is 35.2 Å². The van der Waals surface area contributed by atoms with Gasteiger partial charge in [0.2, 0.25) is 9.84 Å². The predicted octanol–water partition coefficient (Wildman–Crippen LogP) is 4.14. The Bertz CT molecular complexity index is 1160. The van der Waals surface area contributed by atoms with E-state index in [1.807, 2.05) is 0 Å². The molecule has 0 saturated carbocycles. The molecule has 30 heavy (non-hydrogen) atoms.